The quantitative estimate of drug-likeness (QED) is 0.513. The van der Waals surface area contributed by atoms with Crippen LogP contribution in [-0.4, -0.2) is 65.4 Å². The van der Waals surface area contributed by atoms with Gasteiger partial charge in [-0.05, 0) is 30.2 Å². The average Bonchev–Trinajstić information content (AvgIpc) is 2.89. The lowest BCUT2D eigenvalue weighted by Gasteiger charge is -2.27. The van der Waals surface area contributed by atoms with E-state index in [-0.39, 0.29) is 5.56 Å². The van der Waals surface area contributed by atoms with Crippen molar-refractivity contribution in [2.24, 2.45) is 0 Å². The number of nitrogens with zero attached hydrogens (tertiary/aromatic N) is 3. The number of fused-ring (bicyclic) bond motifs is 1. The van der Waals surface area contributed by atoms with Crippen molar-refractivity contribution in [3.63, 3.8) is 0 Å². The van der Waals surface area contributed by atoms with Gasteiger partial charge in [-0.3, -0.25) is 19.1 Å². The maximum Gasteiger partial charge on any atom is 0.268 e. The van der Waals surface area contributed by atoms with Gasteiger partial charge in [-0.1, -0.05) is 25.6 Å². The molecule has 3 heterocycles. The molecule has 1 aliphatic heterocycles. The van der Waals surface area contributed by atoms with Crippen molar-refractivity contribution in [3.8, 4) is 22.6 Å². The van der Waals surface area contributed by atoms with Crippen molar-refractivity contribution < 1.29 is 19.4 Å². The van der Waals surface area contributed by atoms with Crippen LogP contribution in [0, 0.1) is 0 Å². The number of ether oxygens (including phenoxy) is 2. The molecule has 9 heteroatoms. The summed E-state index contributed by atoms with van der Waals surface area (Å²) in [6.07, 6.45) is 2.17. The van der Waals surface area contributed by atoms with E-state index < -0.39 is 17.2 Å². The lowest BCUT2D eigenvalue weighted by atomic mass is 10.0. The highest BCUT2D eigenvalue weighted by atomic mass is 16.5. The largest absolute Gasteiger partial charge is 0.506 e. The average molecular weight is 479 g/mol. The SMILES string of the molecule is C=C(CC)NC(=O)c1c(O)c2cc(-c3ccc(OC)cc3)cnc2n(CCN2CCOCC2)c1=O. The van der Waals surface area contributed by atoms with E-state index in [0.29, 0.717) is 49.5 Å². The minimum atomic E-state index is -0.684. The van der Waals surface area contributed by atoms with E-state index in [1.54, 1.807) is 19.4 Å². The third-order valence-corrected chi connectivity index (χ3v) is 6.18. The molecule has 0 unspecified atom stereocenters. The van der Waals surface area contributed by atoms with Gasteiger partial charge in [0.1, 0.15) is 22.7 Å². The van der Waals surface area contributed by atoms with Crippen molar-refractivity contribution in [2.45, 2.75) is 19.9 Å². The fraction of sp³-hybridized carbons (Fsp3) is 0.346. The zero-order valence-corrected chi connectivity index (χ0v) is 20.0. The monoisotopic (exact) mass is 478 g/mol. The first-order chi connectivity index (χ1) is 16.9. The van der Waals surface area contributed by atoms with Gasteiger partial charge in [0.2, 0.25) is 0 Å². The summed E-state index contributed by atoms with van der Waals surface area (Å²) in [4.78, 5) is 33.1. The number of hydrogen-bond acceptors (Lipinski definition) is 7. The molecule has 0 radical (unpaired) electrons. The number of rotatable bonds is 8. The summed E-state index contributed by atoms with van der Waals surface area (Å²) >= 11 is 0. The maximum atomic E-state index is 13.4. The van der Waals surface area contributed by atoms with Gasteiger partial charge in [0.05, 0.1) is 25.7 Å². The van der Waals surface area contributed by atoms with E-state index in [1.807, 2.05) is 31.2 Å². The third kappa shape index (κ3) is 5.21. The summed E-state index contributed by atoms with van der Waals surface area (Å²) in [7, 11) is 1.60. The Morgan fingerprint density at radius 3 is 2.57 bits per heavy atom. The van der Waals surface area contributed by atoms with Gasteiger partial charge in [-0.25, -0.2) is 4.98 Å². The number of hydrogen-bond donors (Lipinski definition) is 2. The van der Waals surface area contributed by atoms with Crippen LogP contribution in [0.3, 0.4) is 0 Å². The Labute approximate surface area is 203 Å². The molecule has 0 saturated carbocycles. The van der Waals surface area contributed by atoms with Gasteiger partial charge in [-0.15, -0.1) is 0 Å². The number of benzene rings is 1. The Balaban J connectivity index is 1.81. The number of carbonyl (C=O) groups is 1. The predicted molar refractivity (Wildman–Crippen MR) is 134 cm³/mol. The van der Waals surface area contributed by atoms with Crippen LogP contribution in [0.4, 0.5) is 0 Å². The van der Waals surface area contributed by atoms with Crippen LogP contribution in [0.5, 0.6) is 11.5 Å². The lowest BCUT2D eigenvalue weighted by Crippen LogP contribution is -2.40. The Kier molecular flexibility index (Phi) is 7.48. The number of amides is 1. The molecule has 1 aliphatic rings. The summed E-state index contributed by atoms with van der Waals surface area (Å²) in [6, 6.07) is 9.17. The highest BCUT2D eigenvalue weighted by Crippen LogP contribution is 2.30. The minimum Gasteiger partial charge on any atom is -0.506 e. The molecular weight excluding hydrogens is 448 g/mol. The first kappa shape index (κ1) is 24.4. The molecule has 4 rings (SSSR count). The number of morpholine rings is 1. The first-order valence-corrected chi connectivity index (χ1v) is 11.6. The van der Waals surface area contributed by atoms with E-state index >= 15 is 0 Å². The first-order valence-electron chi connectivity index (χ1n) is 11.6. The number of methoxy groups -OCH3 is 1. The molecule has 2 N–H and O–H groups in total. The lowest BCUT2D eigenvalue weighted by molar-refractivity contribution is 0.0364. The van der Waals surface area contributed by atoms with Crippen LogP contribution < -0.4 is 15.6 Å². The maximum absolute atomic E-state index is 13.4. The number of aromatic nitrogens is 2. The van der Waals surface area contributed by atoms with Crippen LogP contribution in [-0.2, 0) is 11.3 Å². The van der Waals surface area contributed by atoms with Gasteiger partial charge in [0.15, 0.2) is 0 Å². The number of carbonyl (C=O) groups excluding carboxylic acids is 1. The summed E-state index contributed by atoms with van der Waals surface area (Å²) in [5.74, 6) is -0.356. The van der Waals surface area contributed by atoms with Crippen molar-refractivity contribution in [2.75, 3.05) is 40.0 Å². The van der Waals surface area contributed by atoms with Crippen molar-refractivity contribution in [1.29, 1.82) is 0 Å². The summed E-state index contributed by atoms with van der Waals surface area (Å²) in [6.45, 7) is 9.35. The van der Waals surface area contributed by atoms with Crippen molar-refractivity contribution >= 4 is 16.9 Å². The fourth-order valence-corrected chi connectivity index (χ4v) is 4.05. The van der Waals surface area contributed by atoms with Gasteiger partial charge in [-0.2, -0.15) is 0 Å². The van der Waals surface area contributed by atoms with Gasteiger partial charge in [0, 0.05) is 43.6 Å². The molecule has 0 aliphatic carbocycles. The number of nitrogens with one attached hydrogen (secondary N) is 1. The molecule has 0 spiro atoms. The molecule has 35 heavy (non-hydrogen) atoms. The van der Waals surface area contributed by atoms with E-state index in [2.05, 4.69) is 21.8 Å². The van der Waals surface area contributed by atoms with Crippen LogP contribution >= 0.6 is 0 Å². The Hall–Kier alpha value is -3.69. The summed E-state index contributed by atoms with van der Waals surface area (Å²) in [5, 5.41) is 14.0. The second-order valence-electron chi connectivity index (χ2n) is 8.37. The second kappa shape index (κ2) is 10.7. The smallest absolute Gasteiger partial charge is 0.268 e. The highest BCUT2D eigenvalue weighted by molar-refractivity contribution is 6.03. The Morgan fingerprint density at radius 1 is 1.20 bits per heavy atom. The normalized spacial score (nSPS) is 14.1. The molecule has 3 aromatic rings. The summed E-state index contributed by atoms with van der Waals surface area (Å²) < 4.78 is 12.1. The van der Waals surface area contributed by atoms with E-state index in [0.717, 1.165) is 30.0 Å². The molecule has 1 aromatic carbocycles. The zero-order valence-electron chi connectivity index (χ0n) is 20.0. The molecule has 0 bridgehead atoms. The molecular formula is C26H30N4O5. The standard InChI is InChI=1S/C26H30N4O5/c1-4-17(2)28-25(32)22-23(31)21-15-19(18-5-7-20(34-3)8-6-18)16-27-24(21)30(26(22)33)10-9-29-11-13-35-14-12-29/h5-8,15-16,31H,2,4,9-14H2,1,3H3,(H,28,32). The van der Waals surface area contributed by atoms with Crippen LogP contribution in [0.2, 0.25) is 0 Å². The minimum absolute atomic E-state index is 0.317. The number of aromatic hydroxyl groups is 1. The molecule has 1 saturated heterocycles. The third-order valence-electron chi connectivity index (χ3n) is 6.18. The molecule has 2 aromatic heterocycles. The second-order valence-corrected chi connectivity index (χ2v) is 8.37. The Morgan fingerprint density at radius 2 is 1.91 bits per heavy atom. The fourth-order valence-electron chi connectivity index (χ4n) is 4.05. The molecule has 9 nitrogen and oxygen atoms in total. The molecule has 1 amide bonds. The molecule has 1 fully saturated rings. The van der Waals surface area contributed by atoms with Crippen LogP contribution in [0.25, 0.3) is 22.2 Å². The summed E-state index contributed by atoms with van der Waals surface area (Å²) in [5.41, 5.74) is 1.47. The van der Waals surface area contributed by atoms with Gasteiger partial charge >= 0.3 is 0 Å². The predicted octanol–water partition coefficient (Wildman–Crippen LogP) is 2.76. The Bertz CT molecular complexity index is 1290. The number of allylic oxidation sites excluding steroid dienone is 1. The highest BCUT2D eigenvalue weighted by Gasteiger charge is 2.24. The van der Waals surface area contributed by atoms with Crippen molar-refractivity contribution in [1.82, 2.24) is 19.8 Å². The van der Waals surface area contributed by atoms with Gasteiger partial charge in [0.25, 0.3) is 11.5 Å². The van der Waals surface area contributed by atoms with Crippen molar-refractivity contribution in [3.05, 3.63) is 64.7 Å². The zero-order chi connectivity index (χ0) is 24.9. The number of pyridine rings is 2. The van der Waals surface area contributed by atoms with E-state index in [9.17, 15) is 14.7 Å². The van der Waals surface area contributed by atoms with E-state index in [1.165, 1.54) is 4.57 Å². The molecule has 0 atom stereocenters. The van der Waals surface area contributed by atoms with E-state index in [4.69, 9.17) is 9.47 Å². The van der Waals surface area contributed by atoms with Gasteiger partial charge < -0.3 is 19.9 Å². The molecule has 184 valence electrons. The topological polar surface area (TPSA) is 106 Å². The van der Waals surface area contributed by atoms with Crippen LogP contribution in [0.15, 0.2) is 53.6 Å². The van der Waals surface area contributed by atoms with Crippen LogP contribution in [0.1, 0.15) is 23.7 Å².